The van der Waals surface area contributed by atoms with Gasteiger partial charge in [0.1, 0.15) is 0 Å². The van der Waals surface area contributed by atoms with Gasteiger partial charge in [-0.25, -0.2) is 4.79 Å². The molecule has 0 aliphatic heterocycles. The minimum atomic E-state index is -1.12. The molecule has 0 spiro atoms. The van der Waals surface area contributed by atoms with Gasteiger partial charge in [-0.15, -0.1) is 0 Å². The molecule has 0 fully saturated rings. The first-order chi connectivity index (χ1) is 9.49. The van der Waals surface area contributed by atoms with Crippen LogP contribution < -0.4 is 0 Å². The highest BCUT2D eigenvalue weighted by molar-refractivity contribution is 5.93. The molecule has 0 heterocycles. The standard InChI is InChI=1S/C15H20N2O3/c1-16(2)10-11-17(14(18)8-9-15(19)20)12-13-6-4-3-5-7-13/h3-9H,10-12H2,1-2H3,(H,19,20)/b9-8+. The van der Waals surface area contributed by atoms with Crippen LogP contribution >= 0.6 is 0 Å². The number of hydrogen-bond donors (Lipinski definition) is 1. The summed E-state index contributed by atoms with van der Waals surface area (Å²) in [6.45, 7) is 1.74. The summed E-state index contributed by atoms with van der Waals surface area (Å²) >= 11 is 0. The van der Waals surface area contributed by atoms with Gasteiger partial charge in [0.2, 0.25) is 5.91 Å². The molecule has 5 heteroatoms. The molecule has 1 aromatic rings. The van der Waals surface area contributed by atoms with Crippen molar-refractivity contribution in [3.05, 3.63) is 48.0 Å². The van der Waals surface area contributed by atoms with Crippen LogP contribution in [0.15, 0.2) is 42.5 Å². The van der Waals surface area contributed by atoms with E-state index in [1.54, 1.807) is 4.90 Å². The minimum Gasteiger partial charge on any atom is -0.478 e. The van der Waals surface area contributed by atoms with Gasteiger partial charge in [0.05, 0.1) is 0 Å². The van der Waals surface area contributed by atoms with Crippen molar-refractivity contribution in [3.63, 3.8) is 0 Å². The maximum atomic E-state index is 12.0. The molecule has 0 saturated heterocycles. The van der Waals surface area contributed by atoms with Gasteiger partial charge in [-0.05, 0) is 19.7 Å². The SMILES string of the molecule is CN(C)CCN(Cc1ccccc1)C(=O)/C=C/C(=O)O. The Morgan fingerprint density at radius 3 is 2.30 bits per heavy atom. The van der Waals surface area contributed by atoms with E-state index < -0.39 is 5.97 Å². The molecule has 0 radical (unpaired) electrons. The van der Waals surface area contributed by atoms with Gasteiger partial charge in [0.25, 0.3) is 0 Å². The number of hydrogen-bond acceptors (Lipinski definition) is 3. The third-order valence-electron chi connectivity index (χ3n) is 2.71. The fourth-order valence-corrected chi connectivity index (χ4v) is 1.64. The lowest BCUT2D eigenvalue weighted by Crippen LogP contribution is -2.35. The van der Waals surface area contributed by atoms with Crippen LogP contribution in [-0.2, 0) is 16.1 Å². The predicted molar refractivity (Wildman–Crippen MR) is 77.2 cm³/mol. The monoisotopic (exact) mass is 276 g/mol. The van der Waals surface area contributed by atoms with E-state index in [0.717, 1.165) is 24.3 Å². The second kappa shape index (κ2) is 8.12. The van der Waals surface area contributed by atoms with E-state index in [2.05, 4.69) is 0 Å². The summed E-state index contributed by atoms with van der Waals surface area (Å²) in [6, 6.07) is 9.63. The second-order valence-corrected chi connectivity index (χ2v) is 4.72. The van der Waals surface area contributed by atoms with Crippen LogP contribution in [-0.4, -0.2) is 54.0 Å². The van der Waals surface area contributed by atoms with Crippen LogP contribution in [0.3, 0.4) is 0 Å². The van der Waals surface area contributed by atoms with Gasteiger partial charge in [-0.2, -0.15) is 0 Å². The molecule has 1 N–H and O–H groups in total. The highest BCUT2D eigenvalue weighted by atomic mass is 16.4. The van der Waals surface area contributed by atoms with Crippen molar-refractivity contribution in [1.82, 2.24) is 9.80 Å². The first-order valence-electron chi connectivity index (χ1n) is 6.37. The van der Waals surface area contributed by atoms with Crippen molar-refractivity contribution in [2.24, 2.45) is 0 Å². The summed E-state index contributed by atoms with van der Waals surface area (Å²) in [5.41, 5.74) is 1.02. The van der Waals surface area contributed by atoms with E-state index in [0.29, 0.717) is 13.1 Å². The second-order valence-electron chi connectivity index (χ2n) is 4.72. The number of benzene rings is 1. The molecule has 0 atom stereocenters. The summed E-state index contributed by atoms with van der Waals surface area (Å²) < 4.78 is 0. The van der Waals surface area contributed by atoms with Crippen molar-refractivity contribution in [3.8, 4) is 0 Å². The Balaban J connectivity index is 2.74. The van der Waals surface area contributed by atoms with Gasteiger partial charge in [-0.3, -0.25) is 4.79 Å². The molecular formula is C15H20N2O3. The topological polar surface area (TPSA) is 60.9 Å². The Hall–Kier alpha value is -2.14. The Kier molecular flexibility index (Phi) is 6.46. The fourth-order valence-electron chi connectivity index (χ4n) is 1.64. The Morgan fingerprint density at radius 2 is 1.75 bits per heavy atom. The molecule has 108 valence electrons. The minimum absolute atomic E-state index is 0.293. The smallest absolute Gasteiger partial charge is 0.328 e. The van der Waals surface area contributed by atoms with Crippen LogP contribution in [0.25, 0.3) is 0 Å². The average Bonchev–Trinajstić information content (AvgIpc) is 2.41. The molecule has 1 amide bonds. The zero-order valence-electron chi connectivity index (χ0n) is 11.8. The molecule has 0 bridgehead atoms. The highest BCUT2D eigenvalue weighted by Crippen LogP contribution is 2.05. The van der Waals surface area contributed by atoms with Crippen molar-refractivity contribution in [1.29, 1.82) is 0 Å². The van der Waals surface area contributed by atoms with E-state index in [1.807, 2.05) is 49.3 Å². The van der Waals surface area contributed by atoms with E-state index in [-0.39, 0.29) is 5.91 Å². The maximum absolute atomic E-state index is 12.0. The number of carbonyl (C=O) groups is 2. The van der Waals surface area contributed by atoms with Gasteiger partial charge in [-0.1, -0.05) is 30.3 Å². The van der Waals surface area contributed by atoms with Crippen LogP contribution in [0.2, 0.25) is 0 Å². The number of carboxylic acid groups (broad SMARTS) is 1. The Labute approximate surface area is 119 Å². The lowest BCUT2D eigenvalue weighted by molar-refractivity contribution is -0.132. The number of carbonyl (C=O) groups excluding carboxylic acids is 1. The molecule has 5 nitrogen and oxygen atoms in total. The average molecular weight is 276 g/mol. The van der Waals surface area contributed by atoms with Gasteiger partial charge in [0, 0.05) is 31.8 Å². The number of amides is 1. The zero-order chi connectivity index (χ0) is 15.0. The summed E-state index contributed by atoms with van der Waals surface area (Å²) in [7, 11) is 3.86. The number of rotatable bonds is 7. The molecule has 1 rings (SSSR count). The van der Waals surface area contributed by atoms with E-state index >= 15 is 0 Å². The number of aliphatic carboxylic acids is 1. The maximum Gasteiger partial charge on any atom is 0.328 e. The first kappa shape index (κ1) is 15.9. The van der Waals surface area contributed by atoms with E-state index in [9.17, 15) is 9.59 Å². The van der Waals surface area contributed by atoms with Crippen LogP contribution in [0.5, 0.6) is 0 Å². The third kappa shape index (κ3) is 6.15. The van der Waals surface area contributed by atoms with Gasteiger partial charge >= 0.3 is 5.97 Å². The highest BCUT2D eigenvalue weighted by Gasteiger charge is 2.11. The van der Waals surface area contributed by atoms with Crippen LogP contribution in [0, 0.1) is 0 Å². The summed E-state index contributed by atoms with van der Waals surface area (Å²) in [4.78, 5) is 26.1. The molecule has 20 heavy (non-hydrogen) atoms. The van der Waals surface area contributed by atoms with Gasteiger partial charge < -0.3 is 14.9 Å². The fraction of sp³-hybridized carbons (Fsp3) is 0.333. The van der Waals surface area contributed by atoms with Crippen molar-refractivity contribution in [2.45, 2.75) is 6.54 Å². The lowest BCUT2D eigenvalue weighted by Gasteiger charge is -2.23. The summed E-state index contributed by atoms with van der Waals surface area (Å²) in [6.07, 6.45) is 1.97. The number of nitrogens with zero attached hydrogens (tertiary/aromatic N) is 2. The quantitative estimate of drug-likeness (QED) is 0.761. The Morgan fingerprint density at radius 1 is 1.10 bits per heavy atom. The predicted octanol–water partition coefficient (Wildman–Crippen LogP) is 1.22. The molecule has 0 unspecified atom stereocenters. The lowest BCUT2D eigenvalue weighted by atomic mass is 10.2. The molecular weight excluding hydrogens is 256 g/mol. The summed E-state index contributed by atoms with van der Waals surface area (Å²) in [5.74, 6) is -1.41. The molecule has 0 aromatic heterocycles. The normalized spacial score (nSPS) is 10.9. The van der Waals surface area contributed by atoms with Crippen molar-refractivity contribution >= 4 is 11.9 Å². The first-order valence-corrected chi connectivity index (χ1v) is 6.37. The van der Waals surface area contributed by atoms with Crippen molar-refractivity contribution in [2.75, 3.05) is 27.2 Å². The van der Waals surface area contributed by atoms with E-state index in [4.69, 9.17) is 5.11 Å². The number of carboxylic acids is 1. The van der Waals surface area contributed by atoms with E-state index in [1.165, 1.54) is 0 Å². The number of likely N-dealkylation sites (N-methyl/N-ethyl adjacent to an activating group) is 1. The molecule has 0 aliphatic rings. The van der Waals surface area contributed by atoms with Crippen LogP contribution in [0.4, 0.5) is 0 Å². The van der Waals surface area contributed by atoms with Crippen LogP contribution in [0.1, 0.15) is 5.56 Å². The van der Waals surface area contributed by atoms with Gasteiger partial charge in [0.15, 0.2) is 0 Å². The molecule has 0 saturated carbocycles. The Bertz CT molecular complexity index is 469. The zero-order valence-corrected chi connectivity index (χ0v) is 11.8. The largest absolute Gasteiger partial charge is 0.478 e. The van der Waals surface area contributed by atoms with Crippen molar-refractivity contribution < 1.29 is 14.7 Å². The third-order valence-corrected chi connectivity index (χ3v) is 2.71. The summed E-state index contributed by atoms with van der Waals surface area (Å²) in [5, 5.41) is 8.59. The molecule has 1 aromatic carbocycles. The molecule has 0 aliphatic carbocycles.